The van der Waals surface area contributed by atoms with Crippen LogP contribution in [0.4, 0.5) is 0 Å². The Labute approximate surface area is 116 Å². The SMILES string of the molecule is CCNC(C)(CC(C)N1CCCOCC1)C(=O)OC. The van der Waals surface area contributed by atoms with E-state index in [1.807, 2.05) is 13.8 Å². The van der Waals surface area contributed by atoms with Crippen molar-refractivity contribution in [3.05, 3.63) is 0 Å². The van der Waals surface area contributed by atoms with Crippen LogP contribution in [-0.4, -0.2) is 62.4 Å². The number of rotatable bonds is 6. The van der Waals surface area contributed by atoms with Gasteiger partial charge in [-0.3, -0.25) is 9.69 Å². The van der Waals surface area contributed by atoms with Crippen molar-refractivity contribution in [3.63, 3.8) is 0 Å². The average Bonchev–Trinajstić information content (AvgIpc) is 2.66. The lowest BCUT2D eigenvalue weighted by molar-refractivity contribution is -0.148. The Hall–Kier alpha value is -0.650. The van der Waals surface area contributed by atoms with Crippen LogP contribution in [0.2, 0.25) is 0 Å². The predicted octanol–water partition coefficient (Wildman–Crippen LogP) is 1.03. The van der Waals surface area contributed by atoms with Crippen molar-refractivity contribution >= 4 is 5.97 Å². The molecule has 1 rings (SSSR count). The third-order valence-electron chi connectivity index (χ3n) is 3.79. The molecule has 2 unspecified atom stereocenters. The summed E-state index contributed by atoms with van der Waals surface area (Å²) in [6, 6.07) is 0.324. The van der Waals surface area contributed by atoms with Crippen LogP contribution in [0.1, 0.15) is 33.6 Å². The van der Waals surface area contributed by atoms with Gasteiger partial charge in [0.1, 0.15) is 5.54 Å². The van der Waals surface area contributed by atoms with E-state index in [0.717, 1.165) is 45.7 Å². The first-order chi connectivity index (χ1) is 9.03. The summed E-state index contributed by atoms with van der Waals surface area (Å²) in [4.78, 5) is 14.4. The molecule has 0 amide bonds. The first-order valence-electron chi connectivity index (χ1n) is 7.18. The van der Waals surface area contributed by atoms with Crippen molar-refractivity contribution in [2.75, 3.05) is 40.0 Å². The van der Waals surface area contributed by atoms with Gasteiger partial charge in [-0.25, -0.2) is 0 Å². The van der Waals surface area contributed by atoms with Gasteiger partial charge >= 0.3 is 5.97 Å². The summed E-state index contributed by atoms with van der Waals surface area (Å²) in [6.45, 7) is 10.4. The van der Waals surface area contributed by atoms with Gasteiger partial charge in [0.05, 0.1) is 13.7 Å². The standard InChI is InChI=1S/C14H28N2O3/c1-5-15-14(3,13(17)18-4)11-12(2)16-7-6-9-19-10-8-16/h12,15H,5-11H2,1-4H3. The molecule has 2 atom stereocenters. The molecule has 1 aliphatic heterocycles. The molecule has 5 heteroatoms. The molecule has 1 aliphatic rings. The van der Waals surface area contributed by atoms with Crippen LogP contribution in [0.3, 0.4) is 0 Å². The zero-order valence-corrected chi connectivity index (χ0v) is 12.7. The molecule has 5 nitrogen and oxygen atoms in total. The van der Waals surface area contributed by atoms with Crippen LogP contribution in [0.15, 0.2) is 0 Å². The second-order valence-corrected chi connectivity index (χ2v) is 5.41. The van der Waals surface area contributed by atoms with Gasteiger partial charge in [-0.2, -0.15) is 0 Å². The third kappa shape index (κ3) is 4.75. The van der Waals surface area contributed by atoms with Crippen molar-refractivity contribution in [2.24, 2.45) is 0 Å². The Morgan fingerprint density at radius 1 is 1.47 bits per heavy atom. The minimum absolute atomic E-state index is 0.188. The molecule has 19 heavy (non-hydrogen) atoms. The third-order valence-corrected chi connectivity index (χ3v) is 3.79. The largest absolute Gasteiger partial charge is 0.468 e. The zero-order chi connectivity index (χ0) is 14.3. The van der Waals surface area contributed by atoms with E-state index in [1.54, 1.807) is 0 Å². The van der Waals surface area contributed by atoms with Crippen molar-refractivity contribution in [1.29, 1.82) is 0 Å². The van der Waals surface area contributed by atoms with Crippen LogP contribution in [0.5, 0.6) is 0 Å². The monoisotopic (exact) mass is 272 g/mol. The highest BCUT2D eigenvalue weighted by Gasteiger charge is 2.36. The molecule has 1 N–H and O–H groups in total. The van der Waals surface area contributed by atoms with E-state index in [2.05, 4.69) is 17.1 Å². The van der Waals surface area contributed by atoms with Crippen LogP contribution < -0.4 is 5.32 Å². The highest BCUT2D eigenvalue weighted by atomic mass is 16.5. The number of carbonyl (C=O) groups excluding carboxylic acids is 1. The maximum Gasteiger partial charge on any atom is 0.325 e. The Kier molecular flexibility index (Phi) is 6.75. The Balaban J connectivity index is 2.63. The number of esters is 1. The van der Waals surface area contributed by atoms with Crippen LogP contribution >= 0.6 is 0 Å². The summed E-state index contributed by atoms with van der Waals surface area (Å²) < 4.78 is 10.4. The van der Waals surface area contributed by atoms with Gasteiger partial charge in [-0.05, 0) is 33.2 Å². The van der Waals surface area contributed by atoms with Gasteiger partial charge in [0.2, 0.25) is 0 Å². The molecule has 1 saturated heterocycles. The van der Waals surface area contributed by atoms with Gasteiger partial charge in [0.25, 0.3) is 0 Å². The second-order valence-electron chi connectivity index (χ2n) is 5.41. The lowest BCUT2D eigenvalue weighted by Crippen LogP contribution is -2.54. The molecule has 0 spiro atoms. The number of hydrogen-bond donors (Lipinski definition) is 1. The van der Waals surface area contributed by atoms with Crippen molar-refractivity contribution in [3.8, 4) is 0 Å². The number of methoxy groups -OCH3 is 1. The summed E-state index contributed by atoms with van der Waals surface area (Å²) in [6.07, 6.45) is 1.80. The fourth-order valence-corrected chi connectivity index (χ4v) is 2.77. The Morgan fingerprint density at radius 2 is 2.21 bits per heavy atom. The highest BCUT2D eigenvalue weighted by Crippen LogP contribution is 2.19. The molecular formula is C14H28N2O3. The minimum atomic E-state index is -0.615. The van der Waals surface area contributed by atoms with E-state index in [1.165, 1.54) is 7.11 Å². The van der Waals surface area contributed by atoms with E-state index in [-0.39, 0.29) is 5.97 Å². The fraction of sp³-hybridized carbons (Fsp3) is 0.929. The van der Waals surface area contributed by atoms with Crippen LogP contribution in [-0.2, 0) is 14.3 Å². The number of hydrogen-bond acceptors (Lipinski definition) is 5. The maximum atomic E-state index is 12.0. The highest BCUT2D eigenvalue weighted by molar-refractivity contribution is 5.80. The summed E-state index contributed by atoms with van der Waals surface area (Å²) in [5, 5.41) is 3.26. The number of ether oxygens (including phenoxy) is 2. The number of likely N-dealkylation sites (N-methyl/N-ethyl adjacent to an activating group) is 1. The second kappa shape index (κ2) is 7.82. The fourth-order valence-electron chi connectivity index (χ4n) is 2.77. The minimum Gasteiger partial charge on any atom is -0.468 e. The van der Waals surface area contributed by atoms with Gasteiger partial charge in [0.15, 0.2) is 0 Å². The predicted molar refractivity (Wildman–Crippen MR) is 75.2 cm³/mol. The molecule has 0 bridgehead atoms. The first-order valence-corrected chi connectivity index (χ1v) is 7.18. The zero-order valence-electron chi connectivity index (χ0n) is 12.7. The molecule has 0 saturated carbocycles. The van der Waals surface area contributed by atoms with E-state index in [4.69, 9.17) is 9.47 Å². The lowest BCUT2D eigenvalue weighted by atomic mass is 9.92. The topological polar surface area (TPSA) is 50.8 Å². The molecule has 0 aromatic rings. The Morgan fingerprint density at radius 3 is 2.84 bits per heavy atom. The van der Waals surface area contributed by atoms with Gasteiger partial charge in [-0.15, -0.1) is 0 Å². The van der Waals surface area contributed by atoms with Crippen molar-refractivity contribution in [2.45, 2.75) is 45.2 Å². The molecule has 112 valence electrons. The van der Waals surface area contributed by atoms with Crippen LogP contribution in [0.25, 0.3) is 0 Å². The van der Waals surface area contributed by atoms with Gasteiger partial charge in [0, 0.05) is 25.7 Å². The number of nitrogens with zero attached hydrogens (tertiary/aromatic N) is 1. The molecule has 0 radical (unpaired) electrons. The first kappa shape index (κ1) is 16.4. The van der Waals surface area contributed by atoms with Crippen LogP contribution in [0, 0.1) is 0 Å². The van der Waals surface area contributed by atoms with E-state index in [0.29, 0.717) is 6.04 Å². The lowest BCUT2D eigenvalue weighted by Gasteiger charge is -2.35. The molecule has 0 aromatic heterocycles. The van der Waals surface area contributed by atoms with Gasteiger partial charge < -0.3 is 14.8 Å². The molecular weight excluding hydrogens is 244 g/mol. The van der Waals surface area contributed by atoms with Gasteiger partial charge in [-0.1, -0.05) is 6.92 Å². The van der Waals surface area contributed by atoms with E-state index in [9.17, 15) is 4.79 Å². The van der Waals surface area contributed by atoms with Crippen molar-refractivity contribution in [1.82, 2.24) is 10.2 Å². The molecule has 1 heterocycles. The molecule has 1 fully saturated rings. The van der Waals surface area contributed by atoms with E-state index >= 15 is 0 Å². The quantitative estimate of drug-likeness (QED) is 0.732. The molecule has 0 aliphatic carbocycles. The normalized spacial score (nSPS) is 22.3. The average molecular weight is 272 g/mol. The maximum absolute atomic E-state index is 12.0. The van der Waals surface area contributed by atoms with E-state index < -0.39 is 5.54 Å². The summed E-state index contributed by atoms with van der Waals surface area (Å²) in [5.74, 6) is -0.188. The summed E-state index contributed by atoms with van der Waals surface area (Å²) in [5.41, 5.74) is -0.615. The Bertz CT molecular complexity index is 278. The number of nitrogens with one attached hydrogen (secondary N) is 1. The summed E-state index contributed by atoms with van der Waals surface area (Å²) in [7, 11) is 1.45. The summed E-state index contributed by atoms with van der Waals surface area (Å²) >= 11 is 0. The smallest absolute Gasteiger partial charge is 0.325 e. The number of carbonyl (C=O) groups is 1. The molecule has 0 aromatic carbocycles. The van der Waals surface area contributed by atoms with Crippen molar-refractivity contribution < 1.29 is 14.3 Å².